The van der Waals surface area contributed by atoms with E-state index in [1.807, 2.05) is 0 Å². The molecule has 0 radical (unpaired) electrons. The molecule has 4 N–H and O–H groups in total. The number of carbonyl (C=O) groups excluding carboxylic acids is 1. The van der Waals surface area contributed by atoms with Crippen molar-refractivity contribution in [1.82, 2.24) is 0 Å². The molecule has 0 atom stereocenters. The molecule has 0 aliphatic carbocycles. The third-order valence-electron chi connectivity index (χ3n) is 2.70. The molecule has 2 aromatic rings. The first-order valence-electron chi connectivity index (χ1n) is 5.77. The van der Waals surface area contributed by atoms with Gasteiger partial charge in [0.25, 0.3) is 5.91 Å². The van der Waals surface area contributed by atoms with Crippen LogP contribution in [0, 0.1) is 5.82 Å². The number of hydrogen-bond donors (Lipinski definition) is 3. The van der Waals surface area contributed by atoms with Crippen LogP contribution < -0.4 is 11.1 Å². The average Bonchev–Trinajstić information content (AvgIpc) is 2.43. The highest BCUT2D eigenvalue weighted by Crippen LogP contribution is 2.21. The van der Waals surface area contributed by atoms with Gasteiger partial charge in [-0.3, -0.25) is 4.79 Å². The monoisotopic (exact) mass is 308 g/mol. The number of rotatable bonds is 3. The highest BCUT2D eigenvalue weighted by atomic mass is 35.5. The number of amides is 1. The van der Waals surface area contributed by atoms with Gasteiger partial charge in [0, 0.05) is 11.3 Å². The minimum absolute atomic E-state index is 0.0186. The van der Waals surface area contributed by atoms with Gasteiger partial charge < -0.3 is 16.2 Å². The maximum Gasteiger partial charge on any atom is 0.337 e. The van der Waals surface area contributed by atoms with Gasteiger partial charge in [0.1, 0.15) is 5.82 Å². The standard InChI is InChI=1S/C14H10ClFN2O3/c15-10-3-1-7(5-11(10)16)13(19)18-12-4-2-8(17)6-9(12)14(20)21/h1-6H,17H2,(H,18,19)(H,20,21). The highest BCUT2D eigenvalue weighted by molar-refractivity contribution is 6.30. The smallest absolute Gasteiger partial charge is 0.337 e. The summed E-state index contributed by atoms with van der Waals surface area (Å²) in [5.74, 6) is -2.63. The second kappa shape index (κ2) is 5.80. The van der Waals surface area contributed by atoms with E-state index in [4.69, 9.17) is 22.4 Å². The topological polar surface area (TPSA) is 92.4 Å². The van der Waals surface area contributed by atoms with E-state index in [-0.39, 0.29) is 27.5 Å². The van der Waals surface area contributed by atoms with E-state index in [0.29, 0.717) is 0 Å². The van der Waals surface area contributed by atoms with Crippen molar-refractivity contribution in [1.29, 1.82) is 0 Å². The number of carboxylic acid groups (broad SMARTS) is 1. The number of anilines is 2. The Balaban J connectivity index is 2.31. The fourth-order valence-corrected chi connectivity index (χ4v) is 1.80. The summed E-state index contributed by atoms with van der Waals surface area (Å²) in [6.45, 7) is 0. The lowest BCUT2D eigenvalue weighted by molar-refractivity contribution is 0.0698. The quantitative estimate of drug-likeness (QED) is 0.760. The number of nitrogens with two attached hydrogens (primary N) is 1. The average molecular weight is 309 g/mol. The van der Waals surface area contributed by atoms with Crippen LogP contribution in [-0.4, -0.2) is 17.0 Å². The van der Waals surface area contributed by atoms with Gasteiger partial charge in [-0.1, -0.05) is 11.6 Å². The number of benzene rings is 2. The molecule has 108 valence electrons. The summed E-state index contributed by atoms with van der Waals surface area (Å²) in [7, 11) is 0. The predicted octanol–water partition coefficient (Wildman–Crippen LogP) is 3.01. The zero-order valence-corrected chi connectivity index (χ0v) is 11.3. The van der Waals surface area contributed by atoms with Crippen LogP contribution in [0.5, 0.6) is 0 Å². The lowest BCUT2D eigenvalue weighted by Crippen LogP contribution is -2.15. The molecule has 0 saturated heterocycles. The number of hydrogen-bond acceptors (Lipinski definition) is 3. The first-order valence-corrected chi connectivity index (χ1v) is 6.15. The molecule has 0 spiro atoms. The molecular formula is C14H10ClFN2O3. The summed E-state index contributed by atoms with van der Waals surface area (Å²) < 4.78 is 13.3. The van der Waals surface area contributed by atoms with Gasteiger partial charge in [-0.15, -0.1) is 0 Å². The highest BCUT2D eigenvalue weighted by Gasteiger charge is 2.15. The number of carboxylic acids is 1. The molecule has 21 heavy (non-hydrogen) atoms. The van der Waals surface area contributed by atoms with Crippen molar-refractivity contribution in [3.63, 3.8) is 0 Å². The molecule has 0 heterocycles. The Bertz CT molecular complexity index is 734. The Morgan fingerprint density at radius 3 is 2.52 bits per heavy atom. The third-order valence-corrected chi connectivity index (χ3v) is 3.01. The maximum absolute atomic E-state index is 13.3. The van der Waals surface area contributed by atoms with Gasteiger partial charge in [-0.25, -0.2) is 9.18 Å². The molecule has 0 bridgehead atoms. The van der Waals surface area contributed by atoms with Crippen LogP contribution in [0.1, 0.15) is 20.7 Å². The Morgan fingerprint density at radius 2 is 1.90 bits per heavy atom. The molecule has 0 aliphatic rings. The van der Waals surface area contributed by atoms with Gasteiger partial charge >= 0.3 is 5.97 Å². The third kappa shape index (κ3) is 3.29. The number of carbonyl (C=O) groups is 2. The fraction of sp³-hybridized carbons (Fsp3) is 0. The van der Waals surface area contributed by atoms with Crippen LogP contribution in [0.15, 0.2) is 36.4 Å². The van der Waals surface area contributed by atoms with Gasteiger partial charge in [0.2, 0.25) is 0 Å². The zero-order chi connectivity index (χ0) is 15.6. The number of nitrogen functional groups attached to an aromatic ring is 1. The zero-order valence-electron chi connectivity index (χ0n) is 10.6. The van der Waals surface area contributed by atoms with E-state index in [1.54, 1.807) is 0 Å². The molecule has 1 amide bonds. The lowest BCUT2D eigenvalue weighted by atomic mass is 10.1. The van der Waals surface area contributed by atoms with Crippen molar-refractivity contribution in [2.45, 2.75) is 0 Å². The van der Waals surface area contributed by atoms with Gasteiger partial charge in [0.05, 0.1) is 16.3 Å². The van der Waals surface area contributed by atoms with Crippen molar-refractivity contribution in [3.8, 4) is 0 Å². The molecule has 0 aromatic heterocycles. The van der Waals surface area contributed by atoms with Crippen molar-refractivity contribution in [3.05, 3.63) is 58.4 Å². The van der Waals surface area contributed by atoms with Crippen molar-refractivity contribution in [2.24, 2.45) is 0 Å². The summed E-state index contributed by atoms with van der Waals surface area (Å²) in [5.41, 5.74) is 5.69. The summed E-state index contributed by atoms with van der Waals surface area (Å²) in [5, 5.41) is 11.4. The Kier molecular flexibility index (Phi) is 4.09. The number of halogens is 2. The summed E-state index contributed by atoms with van der Waals surface area (Å²) in [4.78, 5) is 23.1. The van der Waals surface area contributed by atoms with Crippen LogP contribution in [0.25, 0.3) is 0 Å². The second-order valence-corrected chi connectivity index (χ2v) is 4.60. The number of aromatic carboxylic acids is 1. The van der Waals surface area contributed by atoms with Gasteiger partial charge in [0.15, 0.2) is 0 Å². The normalized spacial score (nSPS) is 10.2. The Hall–Kier alpha value is -2.60. The van der Waals surface area contributed by atoms with E-state index in [9.17, 15) is 14.0 Å². The fourth-order valence-electron chi connectivity index (χ4n) is 1.68. The maximum atomic E-state index is 13.3. The van der Waals surface area contributed by atoms with E-state index in [1.165, 1.54) is 30.3 Å². The molecule has 0 fully saturated rings. The van der Waals surface area contributed by atoms with Gasteiger partial charge in [-0.2, -0.15) is 0 Å². The molecule has 0 saturated carbocycles. The first kappa shape index (κ1) is 14.8. The molecule has 0 unspecified atom stereocenters. The van der Waals surface area contributed by atoms with Crippen molar-refractivity contribution in [2.75, 3.05) is 11.1 Å². The van der Waals surface area contributed by atoms with Crippen LogP contribution in [0.3, 0.4) is 0 Å². The molecule has 7 heteroatoms. The molecule has 0 aliphatic heterocycles. The lowest BCUT2D eigenvalue weighted by Gasteiger charge is -2.09. The van der Waals surface area contributed by atoms with Crippen molar-refractivity contribution >= 4 is 34.9 Å². The second-order valence-electron chi connectivity index (χ2n) is 4.19. The minimum atomic E-state index is -1.24. The van der Waals surface area contributed by atoms with E-state index in [0.717, 1.165) is 6.07 Å². The largest absolute Gasteiger partial charge is 0.478 e. The minimum Gasteiger partial charge on any atom is -0.478 e. The van der Waals surface area contributed by atoms with Crippen LogP contribution in [0.4, 0.5) is 15.8 Å². The van der Waals surface area contributed by atoms with E-state index in [2.05, 4.69) is 5.32 Å². The molecule has 2 aromatic carbocycles. The summed E-state index contributed by atoms with van der Waals surface area (Å²) in [6.07, 6.45) is 0. The predicted molar refractivity (Wildman–Crippen MR) is 77.2 cm³/mol. The summed E-state index contributed by atoms with van der Waals surface area (Å²) in [6, 6.07) is 7.58. The van der Waals surface area contributed by atoms with E-state index >= 15 is 0 Å². The Labute approximate surface area is 124 Å². The van der Waals surface area contributed by atoms with Crippen LogP contribution in [0.2, 0.25) is 5.02 Å². The van der Waals surface area contributed by atoms with Gasteiger partial charge in [-0.05, 0) is 36.4 Å². The SMILES string of the molecule is Nc1ccc(NC(=O)c2ccc(Cl)c(F)c2)c(C(=O)O)c1. The number of nitrogens with one attached hydrogen (secondary N) is 1. The molecule has 2 rings (SSSR count). The van der Waals surface area contributed by atoms with Crippen LogP contribution >= 0.6 is 11.6 Å². The first-order chi connectivity index (χ1) is 9.88. The molecular weight excluding hydrogens is 299 g/mol. The summed E-state index contributed by atoms with van der Waals surface area (Å²) >= 11 is 5.53. The van der Waals surface area contributed by atoms with E-state index < -0.39 is 17.7 Å². The Morgan fingerprint density at radius 1 is 1.19 bits per heavy atom. The molecule has 5 nitrogen and oxygen atoms in total. The van der Waals surface area contributed by atoms with Crippen molar-refractivity contribution < 1.29 is 19.1 Å². The van der Waals surface area contributed by atoms with Crippen LogP contribution in [-0.2, 0) is 0 Å².